The van der Waals surface area contributed by atoms with Gasteiger partial charge in [0.15, 0.2) is 0 Å². The van der Waals surface area contributed by atoms with Gasteiger partial charge in [0, 0.05) is 21.3 Å². The van der Waals surface area contributed by atoms with Crippen molar-refractivity contribution in [2.24, 2.45) is 0 Å². The molecule has 3 nitrogen and oxygen atoms in total. The molecule has 0 saturated heterocycles. The van der Waals surface area contributed by atoms with E-state index in [1.807, 2.05) is 35.7 Å². The van der Waals surface area contributed by atoms with E-state index in [2.05, 4.69) is 26.2 Å². The van der Waals surface area contributed by atoms with Gasteiger partial charge in [0.25, 0.3) is 0 Å². The summed E-state index contributed by atoms with van der Waals surface area (Å²) >= 11 is 17.0. The van der Waals surface area contributed by atoms with Crippen molar-refractivity contribution in [3.05, 3.63) is 78.6 Å². The highest BCUT2D eigenvalue weighted by Crippen LogP contribution is 2.26. The lowest BCUT2D eigenvalue weighted by Gasteiger charge is -2.06. The first-order valence-corrected chi connectivity index (χ1v) is 9.85. The maximum Gasteiger partial charge on any atom is 0.230 e. The van der Waals surface area contributed by atoms with E-state index in [9.17, 15) is 4.79 Å². The Morgan fingerprint density at radius 1 is 1.20 bits per heavy atom. The van der Waals surface area contributed by atoms with Gasteiger partial charge in [-0.25, -0.2) is 4.98 Å². The number of carbonyl (C=O) groups is 1. The van der Waals surface area contributed by atoms with Crippen molar-refractivity contribution >= 4 is 62.1 Å². The van der Waals surface area contributed by atoms with Gasteiger partial charge in [0.1, 0.15) is 0 Å². The smallest absolute Gasteiger partial charge is 0.230 e. The molecule has 0 spiro atoms. The van der Waals surface area contributed by atoms with E-state index in [0.717, 1.165) is 20.7 Å². The monoisotopic (exact) mass is 454 g/mol. The standard InChI is InChI=1S/C18H13BrCl2N2OS/c19-12-4-5-16(15(21)8-12)23-17(24)9-14-10-25-18(22-14)7-11-2-1-3-13(20)6-11/h1-6,8,10H,7,9H2,(H,23,24). The minimum atomic E-state index is -0.149. The third-order valence-corrected chi connectivity index (χ3v) is 5.33. The van der Waals surface area contributed by atoms with Crippen molar-refractivity contribution < 1.29 is 4.79 Å². The number of hydrogen-bond acceptors (Lipinski definition) is 3. The second-order valence-electron chi connectivity index (χ2n) is 5.39. The number of thiazole rings is 1. The van der Waals surface area contributed by atoms with Crippen LogP contribution in [0, 0.1) is 0 Å². The Bertz CT molecular complexity index is 914. The first kappa shape index (κ1) is 18.4. The Labute approximate surface area is 168 Å². The summed E-state index contributed by atoms with van der Waals surface area (Å²) in [7, 11) is 0. The Kier molecular flexibility index (Phi) is 6.12. The molecule has 0 saturated carbocycles. The molecule has 0 fully saturated rings. The fraction of sp³-hybridized carbons (Fsp3) is 0.111. The van der Waals surface area contributed by atoms with E-state index in [-0.39, 0.29) is 12.3 Å². The fourth-order valence-electron chi connectivity index (χ4n) is 2.28. The van der Waals surface area contributed by atoms with Gasteiger partial charge in [-0.15, -0.1) is 11.3 Å². The van der Waals surface area contributed by atoms with Crippen LogP contribution in [0.15, 0.2) is 52.3 Å². The molecule has 0 radical (unpaired) electrons. The van der Waals surface area contributed by atoms with Gasteiger partial charge in [-0.3, -0.25) is 4.79 Å². The van der Waals surface area contributed by atoms with Gasteiger partial charge >= 0.3 is 0 Å². The number of nitrogens with zero attached hydrogens (tertiary/aromatic N) is 1. The number of rotatable bonds is 5. The number of carbonyl (C=O) groups excluding carboxylic acids is 1. The second kappa shape index (κ2) is 8.32. The molecule has 1 aromatic heterocycles. The predicted molar refractivity (Wildman–Crippen MR) is 108 cm³/mol. The number of nitrogens with one attached hydrogen (secondary N) is 1. The number of hydrogen-bond donors (Lipinski definition) is 1. The van der Waals surface area contributed by atoms with Crippen LogP contribution < -0.4 is 5.32 Å². The lowest BCUT2D eigenvalue weighted by atomic mass is 10.2. The van der Waals surface area contributed by atoms with Gasteiger partial charge in [-0.2, -0.15) is 0 Å². The highest BCUT2D eigenvalue weighted by Gasteiger charge is 2.10. The molecule has 128 valence electrons. The molecule has 7 heteroatoms. The van der Waals surface area contributed by atoms with Crippen molar-refractivity contribution in [3.63, 3.8) is 0 Å². The average Bonchev–Trinajstić information content (AvgIpc) is 2.97. The molecule has 25 heavy (non-hydrogen) atoms. The maximum atomic E-state index is 12.2. The van der Waals surface area contributed by atoms with Gasteiger partial charge in [-0.05, 0) is 35.9 Å². The van der Waals surface area contributed by atoms with E-state index < -0.39 is 0 Å². The molecule has 1 heterocycles. The molecule has 0 aliphatic carbocycles. The van der Waals surface area contributed by atoms with Crippen LogP contribution in [0.4, 0.5) is 5.69 Å². The van der Waals surface area contributed by atoms with Crippen LogP contribution in [0.5, 0.6) is 0 Å². The van der Waals surface area contributed by atoms with E-state index in [4.69, 9.17) is 23.2 Å². The van der Waals surface area contributed by atoms with Crippen molar-refractivity contribution in [3.8, 4) is 0 Å². The Balaban J connectivity index is 1.61. The van der Waals surface area contributed by atoms with Crippen molar-refractivity contribution in [2.75, 3.05) is 5.32 Å². The molecule has 0 aliphatic heterocycles. The average molecular weight is 456 g/mol. The van der Waals surface area contributed by atoms with Crippen molar-refractivity contribution in [1.82, 2.24) is 4.98 Å². The van der Waals surface area contributed by atoms with Gasteiger partial charge in [0.2, 0.25) is 5.91 Å². The van der Waals surface area contributed by atoms with Gasteiger partial charge in [0.05, 0.1) is 27.8 Å². The first-order valence-electron chi connectivity index (χ1n) is 7.42. The molecule has 1 N–H and O–H groups in total. The summed E-state index contributed by atoms with van der Waals surface area (Å²) in [5, 5.41) is 6.86. The SMILES string of the molecule is O=C(Cc1csc(Cc2cccc(Cl)c2)n1)Nc1ccc(Br)cc1Cl. The summed E-state index contributed by atoms with van der Waals surface area (Å²) < 4.78 is 0.862. The first-order chi connectivity index (χ1) is 12.0. The number of amides is 1. The molecular weight excluding hydrogens is 443 g/mol. The summed E-state index contributed by atoms with van der Waals surface area (Å²) in [6.07, 6.45) is 0.907. The van der Waals surface area contributed by atoms with Crippen LogP contribution >= 0.6 is 50.5 Å². The Morgan fingerprint density at radius 3 is 2.80 bits per heavy atom. The Morgan fingerprint density at radius 2 is 2.04 bits per heavy atom. The van der Waals surface area contributed by atoms with E-state index in [1.54, 1.807) is 12.1 Å². The normalized spacial score (nSPS) is 10.7. The third kappa shape index (κ3) is 5.28. The molecule has 0 atom stereocenters. The zero-order valence-corrected chi connectivity index (χ0v) is 16.8. The molecule has 3 rings (SSSR count). The largest absolute Gasteiger partial charge is 0.324 e. The van der Waals surface area contributed by atoms with Gasteiger partial charge < -0.3 is 5.32 Å². The number of anilines is 1. The van der Waals surface area contributed by atoms with Gasteiger partial charge in [-0.1, -0.05) is 51.3 Å². The molecule has 0 aliphatic rings. The summed E-state index contributed by atoms with van der Waals surface area (Å²) in [6, 6.07) is 13.0. The summed E-state index contributed by atoms with van der Waals surface area (Å²) in [5.41, 5.74) is 2.43. The van der Waals surface area contributed by atoms with Crippen LogP contribution in [0.25, 0.3) is 0 Å². The highest BCUT2D eigenvalue weighted by molar-refractivity contribution is 9.10. The number of aromatic nitrogens is 1. The summed E-state index contributed by atoms with van der Waals surface area (Å²) in [6.45, 7) is 0. The minimum Gasteiger partial charge on any atom is -0.324 e. The lowest BCUT2D eigenvalue weighted by Crippen LogP contribution is -2.14. The maximum absolute atomic E-state index is 12.2. The Hall–Kier alpha value is -1.40. The number of halogens is 3. The summed E-state index contributed by atoms with van der Waals surface area (Å²) in [5.74, 6) is -0.149. The third-order valence-electron chi connectivity index (χ3n) is 3.39. The quantitative estimate of drug-likeness (QED) is 0.513. The lowest BCUT2D eigenvalue weighted by molar-refractivity contribution is -0.115. The van der Waals surface area contributed by atoms with Crippen molar-refractivity contribution in [1.29, 1.82) is 0 Å². The van der Waals surface area contributed by atoms with Crippen LogP contribution in [0.1, 0.15) is 16.3 Å². The van der Waals surface area contributed by atoms with Crippen molar-refractivity contribution in [2.45, 2.75) is 12.8 Å². The van der Waals surface area contributed by atoms with Crippen LogP contribution in [0.3, 0.4) is 0 Å². The van der Waals surface area contributed by atoms with Crippen LogP contribution in [-0.4, -0.2) is 10.9 Å². The zero-order chi connectivity index (χ0) is 17.8. The van der Waals surface area contributed by atoms with Crippen LogP contribution in [-0.2, 0) is 17.6 Å². The van der Waals surface area contributed by atoms with Crippen LogP contribution in [0.2, 0.25) is 10.0 Å². The highest BCUT2D eigenvalue weighted by atomic mass is 79.9. The molecule has 3 aromatic rings. The van der Waals surface area contributed by atoms with E-state index in [0.29, 0.717) is 22.2 Å². The molecular formula is C18H13BrCl2N2OS. The predicted octanol–water partition coefficient (Wildman–Crippen LogP) is 5.98. The fourth-order valence-corrected chi connectivity index (χ4v) is 4.04. The number of benzene rings is 2. The summed E-state index contributed by atoms with van der Waals surface area (Å²) in [4.78, 5) is 16.7. The molecule has 1 amide bonds. The zero-order valence-electron chi connectivity index (χ0n) is 12.9. The van der Waals surface area contributed by atoms with E-state index >= 15 is 0 Å². The van der Waals surface area contributed by atoms with E-state index in [1.165, 1.54) is 11.3 Å². The molecule has 0 bridgehead atoms. The minimum absolute atomic E-state index is 0.149. The molecule has 0 unspecified atom stereocenters. The molecule has 2 aromatic carbocycles. The topological polar surface area (TPSA) is 42.0 Å². The second-order valence-corrected chi connectivity index (χ2v) is 8.09.